The number of rotatable bonds is 4. The molecule has 0 saturated carbocycles. The average Bonchev–Trinajstić information content (AvgIpc) is 2.69. The van der Waals surface area contributed by atoms with E-state index in [0.717, 1.165) is 5.82 Å². The Morgan fingerprint density at radius 3 is 2.71 bits per heavy atom. The molecule has 0 saturated heterocycles. The molecule has 1 N–H and O–H groups in total. The van der Waals surface area contributed by atoms with Crippen LogP contribution in [0.3, 0.4) is 0 Å². The summed E-state index contributed by atoms with van der Waals surface area (Å²) in [6, 6.07) is 6.79. The number of hydrogen-bond acceptors (Lipinski definition) is 3. The standard InChI is InChI=1S/C12H15FN4/c1-14-12-15-11(16-17(12)2)8-7-9-5-3-4-6-10(9)13/h3-6H,7-8H2,1-2H3,(H,14,15,16). The maximum absolute atomic E-state index is 13.4. The lowest BCUT2D eigenvalue weighted by molar-refractivity contribution is 0.606. The quantitative estimate of drug-likeness (QED) is 0.877. The van der Waals surface area contributed by atoms with Crippen molar-refractivity contribution in [2.45, 2.75) is 12.8 Å². The molecule has 0 aliphatic rings. The summed E-state index contributed by atoms with van der Waals surface area (Å²) in [5.74, 6) is 1.27. The highest BCUT2D eigenvalue weighted by molar-refractivity contribution is 5.24. The number of nitrogens with zero attached hydrogens (tertiary/aromatic N) is 3. The Labute approximate surface area is 99.5 Å². The largest absolute Gasteiger partial charge is 0.358 e. The zero-order valence-electron chi connectivity index (χ0n) is 9.94. The van der Waals surface area contributed by atoms with Crippen molar-refractivity contribution >= 4 is 5.95 Å². The van der Waals surface area contributed by atoms with Crippen molar-refractivity contribution in [1.29, 1.82) is 0 Å². The summed E-state index contributed by atoms with van der Waals surface area (Å²) in [6.07, 6.45) is 1.25. The van der Waals surface area contributed by atoms with Crippen molar-refractivity contribution in [3.63, 3.8) is 0 Å². The Hall–Kier alpha value is -1.91. The average molecular weight is 234 g/mol. The second kappa shape index (κ2) is 4.95. The Bertz CT molecular complexity index is 507. The molecule has 0 aliphatic heterocycles. The molecule has 0 aliphatic carbocycles. The molecular formula is C12H15FN4. The van der Waals surface area contributed by atoms with Gasteiger partial charge in [-0.3, -0.25) is 0 Å². The third kappa shape index (κ3) is 2.61. The van der Waals surface area contributed by atoms with Gasteiger partial charge >= 0.3 is 0 Å². The molecule has 5 heteroatoms. The SMILES string of the molecule is CNc1nc(CCc2ccccc2F)nn1C. The van der Waals surface area contributed by atoms with Gasteiger partial charge < -0.3 is 5.32 Å². The van der Waals surface area contributed by atoms with Gasteiger partial charge in [-0.25, -0.2) is 9.07 Å². The van der Waals surface area contributed by atoms with E-state index < -0.39 is 0 Å². The molecule has 0 fully saturated rings. The van der Waals surface area contributed by atoms with Crippen LogP contribution in [0, 0.1) is 5.82 Å². The number of anilines is 1. The van der Waals surface area contributed by atoms with Crippen LogP contribution < -0.4 is 5.32 Å². The number of aromatic nitrogens is 3. The zero-order valence-corrected chi connectivity index (χ0v) is 9.94. The first-order valence-electron chi connectivity index (χ1n) is 5.52. The molecule has 4 nitrogen and oxygen atoms in total. The lowest BCUT2D eigenvalue weighted by Gasteiger charge is -1.99. The summed E-state index contributed by atoms with van der Waals surface area (Å²) in [6.45, 7) is 0. The molecule has 17 heavy (non-hydrogen) atoms. The summed E-state index contributed by atoms with van der Waals surface area (Å²) >= 11 is 0. The maximum atomic E-state index is 13.4. The summed E-state index contributed by atoms with van der Waals surface area (Å²) in [5.41, 5.74) is 0.700. The van der Waals surface area contributed by atoms with Gasteiger partial charge in [-0.15, -0.1) is 0 Å². The third-order valence-electron chi connectivity index (χ3n) is 2.61. The number of benzene rings is 1. The zero-order chi connectivity index (χ0) is 12.3. The van der Waals surface area contributed by atoms with Crippen LogP contribution in [0.15, 0.2) is 24.3 Å². The normalized spacial score (nSPS) is 10.5. The fourth-order valence-corrected chi connectivity index (χ4v) is 1.71. The van der Waals surface area contributed by atoms with Gasteiger partial charge in [0.25, 0.3) is 0 Å². The van der Waals surface area contributed by atoms with E-state index in [4.69, 9.17) is 0 Å². The van der Waals surface area contributed by atoms with E-state index in [2.05, 4.69) is 15.4 Å². The van der Waals surface area contributed by atoms with Gasteiger partial charge in [0.15, 0.2) is 5.82 Å². The monoisotopic (exact) mass is 234 g/mol. The van der Waals surface area contributed by atoms with Gasteiger partial charge in [-0.2, -0.15) is 10.1 Å². The van der Waals surface area contributed by atoms with E-state index in [9.17, 15) is 4.39 Å². The van der Waals surface area contributed by atoms with E-state index in [0.29, 0.717) is 24.4 Å². The number of nitrogens with one attached hydrogen (secondary N) is 1. The van der Waals surface area contributed by atoms with Crippen molar-refractivity contribution in [1.82, 2.24) is 14.8 Å². The summed E-state index contributed by atoms with van der Waals surface area (Å²) in [7, 11) is 3.62. The fourth-order valence-electron chi connectivity index (χ4n) is 1.71. The van der Waals surface area contributed by atoms with Crippen molar-refractivity contribution in [3.05, 3.63) is 41.5 Å². The van der Waals surface area contributed by atoms with Crippen LogP contribution >= 0.6 is 0 Å². The summed E-state index contributed by atoms with van der Waals surface area (Å²) in [4.78, 5) is 4.29. The predicted molar refractivity (Wildman–Crippen MR) is 64.4 cm³/mol. The van der Waals surface area contributed by atoms with E-state index in [1.807, 2.05) is 13.1 Å². The molecule has 90 valence electrons. The van der Waals surface area contributed by atoms with Crippen LogP contribution in [-0.4, -0.2) is 21.8 Å². The molecule has 0 radical (unpaired) electrons. The van der Waals surface area contributed by atoms with Crippen molar-refractivity contribution in [2.24, 2.45) is 7.05 Å². The molecule has 1 heterocycles. The molecule has 0 spiro atoms. The molecule has 0 atom stereocenters. The molecule has 0 amide bonds. The second-order valence-corrected chi connectivity index (χ2v) is 3.82. The minimum atomic E-state index is -0.169. The highest BCUT2D eigenvalue weighted by Crippen LogP contribution is 2.10. The van der Waals surface area contributed by atoms with E-state index in [1.54, 1.807) is 23.9 Å². The van der Waals surface area contributed by atoms with Gasteiger partial charge in [-0.1, -0.05) is 18.2 Å². The molecule has 2 rings (SSSR count). The first-order valence-corrected chi connectivity index (χ1v) is 5.52. The highest BCUT2D eigenvalue weighted by atomic mass is 19.1. The first-order chi connectivity index (χ1) is 8.20. The first kappa shape index (κ1) is 11.6. The van der Waals surface area contributed by atoms with Gasteiger partial charge in [-0.05, 0) is 18.1 Å². The van der Waals surface area contributed by atoms with E-state index in [1.165, 1.54) is 6.07 Å². The minimum Gasteiger partial charge on any atom is -0.358 e. The Morgan fingerprint density at radius 1 is 1.29 bits per heavy atom. The van der Waals surface area contributed by atoms with Gasteiger partial charge in [0.1, 0.15) is 5.82 Å². The second-order valence-electron chi connectivity index (χ2n) is 3.82. The maximum Gasteiger partial charge on any atom is 0.220 e. The van der Waals surface area contributed by atoms with Crippen LogP contribution in [0.25, 0.3) is 0 Å². The summed E-state index contributed by atoms with van der Waals surface area (Å²) < 4.78 is 15.1. The van der Waals surface area contributed by atoms with Crippen LogP contribution in [0.1, 0.15) is 11.4 Å². The predicted octanol–water partition coefficient (Wildman–Crippen LogP) is 1.78. The minimum absolute atomic E-state index is 0.169. The fraction of sp³-hybridized carbons (Fsp3) is 0.333. The topological polar surface area (TPSA) is 42.7 Å². The van der Waals surface area contributed by atoms with E-state index in [-0.39, 0.29) is 5.82 Å². The van der Waals surface area contributed by atoms with Crippen LogP contribution in [0.5, 0.6) is 0 Å². The van der Waals surface area contributed by atoms with Crippen LogP contribution in [0.4, 0.5) is 10.3 Å². The molecule has 2 aromatic rings. The Balaban J connectivity index is 2.05. The smallest absolute Gasteiger partial charge is 0.220 e. The molecule has 0 bridgehead atoms. The van der Waals surface area contributed by atoms with Crippen molar-refractivity contribution in [3.8, 4) is 0 Å². The molecular weight excluding hydrogens is 219 g/mol. The molecule has 1 aromatic carbocycles. The van der Waals surface area contributed by atoms with Gasteiger partial charge in [0.2, 0.25) is 5.95 Å². The van der Waals surface area contributed by atoms with E-state index >= 15 is 0 Å². The Morgan fingerprint density at radius 2 is 2.06 bits per heavy atom. The number of halogens is 1. The molecule has 0 unspecified atom stereocenters. The highest BCUT2D eigenvalue weighted by Gasteiger charge is 2.07. The van der Waals surface area contributed by atoms with Crippen LogP contribution in [0.2, 0.25) is 0 Å². The molecule has 1 aromatic heterocycles. The van der Waals surface area contributed by atoms with Crippen molar-refractivity contribution in [2.75, 3.05) is 12.4 Å². The number of aryl methyl sites for hydroxylation is 3. The van der Waals surface area contributed by atoms with Gasteiger partial charge in [0.05, 0.1) is 0 Å². The van der Waals surface area contributed by atoms with Gasteiger partial charge in [0, 0.05) is 20.5 Å². The Kier molecular flexibility index (Phi) is 3.37. The number of hydrogen-bond donors (Lipinski definition) is 1. The summed E-state index contributed by atoms with van der Waals surface area (Å²) in [5, 5.41) is 7.19. The van der Waals surface area contributed by atoms with Crippen LogP contribution in [-0.2, 0) is 19.9 Å². The third-order valence-corrected chi connectivity index (χ3v) is 2.61. The lowest BCUT2D eigenvalue weighted by Crippen LogP contribution is -1.99. The van der Waals surface area contributed by atoms with Crippen molar-refractivity contribution < 1.29 is 4.39 Å². The lowest BCUT2D eigenvalue weighted by atomic mass is 10.1.